The number of ether oxygens (including phenoxy) is 2. The summed E-state index contributed by atoms with van der Waals surface area (Å²) in [4.78, 5) is 27.9. The minimum atomic E-state index is -0.550. The van der Waals surface area contributed by atoms with Crippen LogP contribution in [0.25, 0.3) is 0 Å². The Labute approximate surface area is 151 Å². The first-order valence-corrected chi connectivity index (χ1v) is 8.73. The van der Waals surface area contributed by atoms with Crippen molar-refractivity contribution >= 4 is 23.2 Å². The highest BCUT2D eigenvalue weighted by atomic mass is 32.1. The Morgan fingerprint density at radius 3 is 2.44 bits per heavy atom. The molecule has 7 heteroatoms. The summed E-state index contributed by atoms with van der Waals surface area (Å²) in [6, 6.07) is 6.58. The number of rotatable bonds is 6. The fourth-order valence-corrected chi connectivity index (χ4v) is 2.59. The number of amides is 1. The number of thiazole rings is 1. The molecule has 0 aliphatic heterocycles. The van der Waals surface area contributed by atoms with E-state index in [0.717, 1.165) is 10.7 Å². The van der Waals surface area contributed by atoms with Gasteiger partial charge in [-0.25, -0.2) is 9.78 Å². The van der Waals surface area contributed by atoms with Crippen LogP contribution in [0.3, 0.4) is 0 Å². The van der Waals surface area contributed by atoms with Crippen LogP contribution in [0.15, 0.2) is 29.6 Å². The third kappa shape index (κ3) is 6.54. The smallest absolute Gasteiger partial charge is 0.338 e. The van der Waals surface area contributed by atoms with E-state index in [0.29, 0.717) is 17.9 Å². The lowest BCUT2D eigenvalue weighted by Crippen LogP contribution is -2.42. The van der Waals surface area contributed by atoms with Crippen molar-refractivity contribution in [2.75, 3.05) is 6.61 Å². The van der Waals surface area contributed by atoms with Gasteiger partial charge >= 0.3 is 5.97 Å². The average Bonchev–Trinajstić information content (AvgIpc) is 2.95. The first kappa shape index (κ1) is 18.9. The molecule has 0 aliphatic rings. The Bertz CT molecular complexity index is 732. The number of aryl methyl sites for hydroxylation is 1. The van der Waals surface area contributed by atoms with Gasteiger partial charge in [0.15, 0.2) is 6.61 Å². The summed E-state index contributed by atoms with van der Waals surface area (Å²) in [6.07, 6.45) is 0. The van der Waals surface area contributed by atoms with E-state index in [1.807, 2.05) is 33.1 Å². The molecule has 0 unspecified atom stereocenters. The van der Waals surface area contributed by atoms with Crippen LogP contribution in [-0.4, -0.2) is 29.0 Å². The molecular weight excluding hydrogens is 340 g/mol. The minimum Gasteiger partial charge on any atom is -0.487 e. The molecule has 1 amide bonds. The highest BCUT2D eigenvalue weighted by molar-refractivity contribution is 7.09. The highest BCUT2D eigenvalue weighted by Crippen LogP contribution is 2.16. The van der Waals surface area contributed by atoms with E-state index in [2.05, 4.69) is 10.3 Å². The minimum absolute atomic E-state index is 0.308. The third-order valence-corrected chi connectivity index (χ3v) is 3.81. The standard InChI is InChI=1S/C18H22N2O4S/c1-12-19-14(11-25-12)9-23-15-7-5-13(6-8-15)17(22)24-10-16(21)20-18(2,3)4/h5-8,11H,9-10H2,1-4H3,(H,20,21). The van der Waals surface area contributed by atoms with Gasteiger partial charge in [0.1, 0.15) is 12.4 Å². The molecule has 1 aromatic heterocycles. The van der Waals surface area contributed by atoms with Gasteiger partial charge < -0.3 is 14.8 Å². The zero-order valence-corrected chi connectivity index (χ0v) is 15.6. The largest absolute Gasteiger partial charge is 0.487 e. The first-order valence-electron chi connectivity index (χ1n) is 7.85. The summed E-state index contributed by atoms with van der Waals surface area (Å²) >= 11 is 1.57. The van der Waals surface area contributed by atoms with Crippen molar-refractivity contribution < 1.29 is 19.1 Å². The van der Waals surface area contributed by atoms with Crippen LogP contribution in [0, 0.1) is 6.92 Å². The summed E-state index contributed by atoms with van der Waals surface area (Å²) in [5.41, 5.74) is 0.870. The second-order valence-corrected chi connectivity index (χ2v) is 7.61. The number of hydrogen-bond acceptors (Lipinski definition) is 6. The summed E-state index contributed by atoms with van der Waals surface area (Å²) in [7, 11) is 0. The fourth-order valence-electron chi connectivity index (χ4n) is 1.99. The summed E-state index contributed by atoms with van der Waals surface area (Å²) in [5, 5.41) is 5.67. The molecule has 134 valence electrons. The van der Waals surface area contributed by atoms with Crippen LogP contribution in [-0.2, 0) is 16.1 Å². The van der Waals surface area contributed by atoms with Crippen molar-refractivity contribution in [1.29, 1.82) is 0 Å². The molecule has 0 aliphatic carbocycles. The number of benzene rings is 1. The van der Waals surface area contributed by atoms with E-state index in [9.17, 15) is 9.59 Å². The molecule has 0 fully saturated rings. The molecule has 0 atom stereocenters. The van der Waals surface area contributed by atoms with Gasteiger partial charge in [-0.1, -0.05) is 0 Å². The second-order valence-electron chi connectivity index (χ2n) is 6.55. The van der Waals surface area contributed by atoms with Crippen LogP contribution in [0.4, 0.5) is 0 Å². The van der Waals surface area contributed by atoms with Gasteiger partial charge in [0.05, 0.1) is 16.3 Å². The molecule has 0 spiro atoms. The maximum absolute atomic E-state index is 12.0. The van der Waals surface area contributed by atoms with Crippen molar-refractivity contribution in [3.05, 3.63) is 45.9 Å². The molecule has 2 rings (SSSR count). The Morgan fingerprint density at radius 2 is 1.88 bits per heavy atom. The van der Waals surface area contributed by atoms with Crippen LogP contribution in [0.2, 0.25) is 0 Å². The van der Waals surface area contributed by atoms with Crippen LogP contribution >= 0.6 is 11.3 Å². The number of hydrogen-bond donors (Lipinski definition) is 1. The molecule has 1 heterocycles. The molecular formula is C18H22N2O4S. The molecule has 25 heavy (non-hydrogen) atoms. The van der Waals surface area contributed by atoms with Crippen molar-refractivity contribution in [3.63, 3.8) is 0 Å². The van der Waals surface area contributed by atoms with Crippen molar-refractivity contribution in [1.82, 2.24) is 10.3 Å². The van der Waals surface area contributed by atoms with E-state index in [1.54, 1.807) is 35.6 Å². The average molecular weight is 362 g/mol. The van der Waals surface area contributed by atoms with E-state index in [-0.39, 0.29) is 18.1 Å². The molecule has 1 aromatic carbocycles. The van der Waals surface area contributed by atoms with Gasteiger partial charge in [-0.15, -0.1) is 11.3 Å². The molecule has 2 aromatic rings. The number of aromatic nitrogens is 1. The Balaban J connectivity index is 1.82. The number of nitrogens with one attached hydrogen (secondary N) is 1. The highest BCUT2D eigenvalue weighted by Gasteiger charge is 2.16. The maximum Gasteiger partial charge on any atom is 0.338 e. The van der Waals surface area contributed by atoms with Crippen LogP contribution in [0.5, 0.6) is 5.75 Å². The predicted molar refractivity (Wildman–Crippen MR) is 95.8 cm³/mol. The van der Waals surface area contributed by atoms with Crippen molar-refractivity contribution in [2.45, 2.75) is 39.8 Å². The SMILES string of the molecule is Cc1nc(COc2ccc(C(=O)OCC(=O)NC(C)(C)C)cc2)cs1. The molecule has 0 radical (unpaired) electrons. The van der Waals surface area contributed by atoms with Gasteiger partial charge in [0, 0.05) is 10.9 Å². The summed E-state index contributed by atoms with van der Waals surface area (Å²) < 4.78 is 10.6. The maximum atomic E-state index is 12.0. The van der Waals surface area contributed by atoms with E-state index in [1.165, 1.54) is 0 Å². The Kier molecular flexibility index (Phi) is 6.14. The van der Waals surface area contributed by atoms with Gasteiger partial charge in [-0.05, 0) is 52.0 Å². The van der Waals surface area contributed by atoms with Gasteiger partial charge in [-0.2, -0.15) is 0 Å². The fraction of sp³-hybridized carbons (Fsp3) is 0.389. The van der Waals surface area contributed by atoms with E-state index >= 15 is 0 Å². The summed E-state index contributed by atoms with van der Waals surface area (Å²) in [6.45, 7) is 7.59. The van der Waals surface area contributed by atoms with Gasteiger partial charge in [-0.3, -0.25) is 4.79 Å². The van der Waals surface area contributed by atoms with Gasteiger partial charge in [0.2, 0.25) is 0 Å². The van der Waals surface area contributed by atoms with Crippen molar-refractivity contribution in [3.8, 4) is 5.75 Å². The summed E-state index contributed by atoms with van der Waals surface area (Å²) in [5.74, 6) is -0.252. The Hall–Kier alpha value is -2.41. The normalized spacial score (nSPS) is 11.0. The lowest BCUT2D eigenvalue weighted by atomic mass is 10.1. The van der Waals surface area contributed by atoms with Crippen LogP contribution < -0.4 is 10.1 Å². The first-order chi connectivity index (χ1) is 11.7. The number of esters is 1. The quantitative estimate of drug-likeness (QED) is 0.799. The van der Waals surface area contributed by atoms with E-state index in [4.69, 9.17) is 9.47 Å². The molecule has 0 bridgehead atoms. The van der Waals surface area contributed by atoms with E-state index < -0.39 is 5.97 Å². The lowest BCUT2D eigenvalue weighted by Gasteiger charge is -2.20. The molecule has 0 saturated carbocycles. The molecule has 0 saturated heterocycles. The van der Waals surface area contributed by atoms with Crippen LogP contribution in [0.1, 0.15) is 41.8 Å². The molecule has 1 N–H and O–H groups in total. The predicted octanol–water partition coefficient (Wildman–Crippen LogP) is 3.10. The van der Waals surface area contributed by atoms with Crippen molar-refractivity contribution in [2.24, 2.45) is 0 Å². The Morgan fingerprint density at radius 1 is 1.20 bits per heavy atom. The zero-order valence-electron chi connectivity index (χ0n) is 14.8. The third-order valence-electron chi connectivity index (χ3n) is 2.99. The molecule has 6 nitrogen and oxygen atoms in total. The lowest BCUT2D eigenvalue weighted by molar-refractivity contribution is -0.125. The van der Waals surface area contributed by atoms with Gasteiger partial charge in [0.25, 0.3) is 5.91 Å². The second kappa shape index (κ2) is 8.11. The number of carbonyl (C=O) groups is 2. The monoisotopic (exact) mass is 362 g/mol. The number of carbonyl (C=O) groups excluding carboxylic acids is 2. The number of nitrogens with zero attached hydrogens (tertiary/aromatic N) is 1. The zero-order chi connectivity index (χ0) is 18.4. The topological polar surface area (TPSA) is 77.5 Å².